The van der Waals surface area contributed by atoms with E-state index >= 15 is 0 Å². The lowest BCUT2D eigenvalue weighted by molar-refractivity contribution is -0.134. The Morgan fingerprint density at radius 1 is 1.03 bits per heavy atom. The Balaban J connectivity index is 1.14. The van der Waals surface area contributed by atoms with Crippen molar-refractivity contribution in [2.75, 3.05) is 33.3 Å². The summed E-state index contributed by atoms with van der Waals surface area (Å²) >= 11 is 0. The first-order chi connectivity index (χ1) is 17.7. The van der Waals surface area contributed by atoms with Crippen LogP contribution < -0.4 is 10.1 Å². The van der Waals surface area contributed by atoms with Gasteiger partial charge in [0.05, 0.1) is 12.8 Å². The zero-order chi connectivity index (χ0) is 24.7. The first kappa shape index (κ1) is 24.6. The summed E-state index contributed by atoms with van der Waals surface area (Å²) in [7, 11) is 1.66. The highest BCUT2D eigenvalue weighted by Crippen LogP contribution is 2.30. The number of hydrogen-bond acceptors (Lipinski definition) is 5. The maximum atomic E-state index is 13.2. The van der Waals surface area contributed by atoms with Gasteiger partial charge in [-0.15, -0.1) is 0 Å². The summed E-state index contributed by atoms with van der Waals surface area (Å²) in [5.74, 6) is 3.34. The van der Waals surface area contributed by atoms with Gasteiger partial charge in [0.25, 0.3) is 0 Å². The van der Waals surface area contributed by atoms with Gasteiger partial charge in [-0.3, -0.25) is 4.79 Å². The van der Waals surface area contributed by atoms with E-state index in [2.05, 4.69) is 45.7 Å². The van der Waals surface area contributed by atoms with Crippen molar-refractivity contribution in [3.05, 3.63) is 71.9 Å². The van der Waals surface area contributed by atoms with Crippen molar-refractivity contribution < 1.29 is 14.1 Å². The fourth-order valence-electron chi connectivity index (χ4n) is 5.74. The Morgan fingerprint density at radius 2 is 1.81 bits per heavy atom. The summed E-state index contributed by atoms with van der Waals surface area (Å²) in [6.07, 6.45) is 5.81. The standard InChI is InChI=1S/C30H37N3O3/c1-35-28-9-7-24(8-10-28)29-20-27(32-36-29)18-26-21-31-14-11-25(26)19-30(34)33-15-12-23(13-16-33)17-22-5-3-2-4-6-22/h2-10,20,23,25-26,31H,11-19,21H2,1H3/t25-,26+/m0/s1. The molecular weight excluding hydrogens is 450 g/mol. The average Bonchev–Trinajstić information content (AvgIpc) is 3.39. The van der Waals surface area contributed by atoms with Crippen LogP contribution in [0.5, 0.6) is 5.75 Å². The molecule has 0 spiro atoms. The molecule has 2 aromatic carbocycles. The van der Waals surface area contributed by atoms with Gasteiger partial charge in [-0.25, -0.2) is 0 Å². The minimum atomic E-state index is 0.323. The van der Waals surface area contributed by atoms with Crippen molar-refractivity contribution in [2.24, 2.45) is 17.8 Å². The molecule has 2 aliphatic heterocycles. The number of piperidine rings is 2. The van der Waals surface area contributed by atoms with Crippen LogP contribution in [0.2, 0.25) is 0 Å². The smallest absolute Gasteiger partial charge is 0.222 e. The van der Waals surface area contributed by atoms with E-state index in [0.29, 0.717) is 30.1 Å². The second-order valence-electron chi connectivity index (χ2n) is 10.3. The predicted molar refractivity (Wildman–Crippen MR) is 141 cm³/mol. The number of benzene rings is 2. The molecule has 1 N–H and O–H groups in total. The normalized spacial score (nSPS) is 20.9. The molecule has 36 heavy (non-hydrogen) atoms. The highest BCUT2D eigenvalue weighted by molar-refractivity contribution is 5.76. The minimum Gasteiger partial charge on any atom is -0.497 e. The van der Waals surface area contributed by atoms with Crippen LogP contribution in [0, 0.1) is 17.8 Å². The lowest BCUT2D eigenvalue weighted by Gasteiger charge is -2.36. The molecule has 0 saturated carbocycles. The van der Waals surface area contributed by atoms with E-state index in [1.807, 2.05) is 30.3 Å². The molecule has 0 bridgehead atoms. The number of likely N-dealkylation sites (tertiary alicyclic amines) is 1. The molecule has 0 unspecified atom stereocenters. The summed E-state index contributed by atoms with van der Waals surface area (Å²) in [5.41, 5.74) is 3.34. The molecular formula is C30H37N3O3. The van der Waals surface area contributed by atoms with Crippen LogP contribution in [0.4, 0.5) is 0 Å². The predicted octanol–water partition coefficient (Wildman–Crippen LogP) is 4.99. The maximum Gasteiger partial charge on any atom is 0.222 e. The average molecular weight is 488 g/mol. The summed E-state index contributed by atoms with van der Waals surface area (Å²) < 4.78 is 10.9. The maximum absolute atomic E-state index is 13.2. The molecule has 0 aliphatic carbocycles. The van der Waals surface area contributed by atoms with E-state index in [-0.39, 0.29) is 0 Å². The van der Waals surface area contributed by atoms with Crippen molar-refractivity contribution in [1.29, 1.82) is 0 Å². The SMILES string of the molecule is COc1ccc(-c2cc(C[C@@H]3CNCC[C@H]3CC(=O)N3CCC(Cc4ccccc4)CC3)no2)cc1. The van der Waals surface area contributed by atoms with E-state index in [1.54, 1.807) is 7.11 Å². The first-order valence-corrected chi connectivity index (χ1v) is 13.3. The fourth-order valence-corrected chi connectivity index (χ4v) is 5.74. The first-order valence-electron chi connectivity index (χ1n) is 13.3. The Morgan fingerprint density at radius 3 is 2.56 bits per heavy atom. The van der Waals surface area contributed by atoms with Crippen molar-refractivity contribution in [1.82, 2.24) is 15.4 Å². The van der Waals surface area contributed by atoms with Crippen molar-refractivity contribution >= 4 is 5.91 Å². The number of nitrogens with zero attached hydrogens (tertiary/aromatic N) is 2. The third kappa shape index (κ3) is 6.16. The molecule has 2 fully saturated rings. The quantitative estimate of drug-likeness (QED) is 0.485. The van der Waals surface area contributed by atoms with Crippen molar-refractivity contribution in [3.8, 4) is 17.1 Å². The number of amides is 1. The number of carbonyl (C=O) groups excluding carboxylic acids is 1. The molecule has 6 heteroatoms. The molecule has 190 valence electrons. The molecule has 0 radical (unpaired) electrons. The number of carbonyl (C=O) groups is 1. The molecule has 2 aliphatic rings. The van der Waals surface area contributed by atoms with Gasteiger partial charge in [-0.1, -0.05) is 35.5 Å². The molecule has 1 aromatic heterocycles. The number of hydrogen-bond donors (Lipinski definition) is 1. The van der Waals surface area contributed by atoms with Crippen LogP contribution in [-0.4, -0.2) is 49.3 Å². The van der Waals surface area contributed by atoms with Gasteiger partial charge >= 0.3 is 0 Å². The molecule has 3 heterocycles. The van der Waals surface area contributed by atoms with Crippen LogP contribution in [0.1, 0.15) is 36.9 Å². The fraction of sp³-hybridized carbons (Fsp3) is 0.467. The molecule has 5 rings (SSSR count). The Hall–Kier alpha value is -3.12. The van der Waals surface area contributed by atoms with Gasteiger partial charge in [-0.2, -0.15) is 0 Å². The highest BCUT2D eigenvalue weighted by Gasteiger charge is 2.31. The monoisotopic (exact) mass is 487 g/mol. The minimum absolute atomic E-state index is 0.323. The number of aromatic nitrogens is 1. The van der Waals surface area contributed by atoms with E-state index in [4.69, 9.17) is 9.26 Å². The van der Waals surface area contributed by atoms with Gasteiger partial charge in [0.15, 0.2) is 5.76 Å². The number of rotatable bonds is 8. The second-order valence-corrected chi connectivity index (χ2v) is 10.3. The molecule has 3 aromatic rings. The highest BCUT2D eigenvalue weighted by atomic mass is 16.5. The number of ether oxygens (including phenoxy) is 1. The van der Waals surface area contributed by atoms with Gasteiger partial charge in [0, 0.05) is 31.1 Å². The van der Waals surface area contributed by atoms with E-state index < -0.39 is 0 Å². The van der Waals surface area contributed by atoms with Gasteiger partial charge in [0.2, 0.25) is 5.91 Å². The Labute approximate surface area is 214 Å². The molecule has 1 amide bonds. The molecule has 2 atom stereocenters. The van der Waals surface area contributed by atoms with E-state index in [9.17, 15) is 4.79 Å². The summed E-state index contributed by atoms with van der Waals surface area (Å²) in [4.78, 5) is 15.3. The summed E-state index contributed by atoms with van der Waals surface area (Å²) in [5, 5.41) is 7.87. The zero-order valence-corrected chi connectivity index (χ0v) is 21.2. The molecule has 6 nitrogen and oxygen atoms in total. The lowest BCUT2D eigenvalue weighted by Crippen LogP contribution is -2.43. The van der Waals surface area contributed by atoms with Crippen molar-refractivity contribution in [3.63, 3.8) is 0 Å². The third-order valence-electron chi connectivity index (χ3n) is 7.94. The summed E-state index contributed by atoms with van der Waals surface area (Å²) in [6, 6.07) is 20.6. The van der Waals surface area contributed by atoms with Gasteiger partial charge in [-0.05, 0) is 92.8 Å². The van der Waals surface area contributed by atoms with Crippen LogP contribution in [0.15, 0.2) is 65.2 Å². The number of nitrogens with one attached hydrogen (secondary N) is 1. The summed E-state index contributed by atoms with van der Waals surface area (Å²) in [6.45, 7) is 3.67. The molecule has 2 saturated heterocycles. The van der Waals surface area contributed by atoms with Crippen molar-refractivity contribution in [2.45, 2.75) is 38.5 Å². The lowest BCUT2D eigenvalue weighted by atomic mass is 9.80. The third-order valence-corrected chi connectivity index (χ3v) is 7.94. The Bertz CT molecular complexity index is 1100. The van der Waals surface area contributed by atoms with E-state index in [1.165, 1.54) is 5.56 Å². The Kier molecular flexibility index (Phi) is 8.01. The van der Waals surface area contributed by atoms with Crippen LogP contribution >= 0.6 is 0 Å². The topological polar surface area (TPSA) is 67.6 Å². The largest absolute Gasteiger partial charge is 0.497 e. The van der Waals surface area contributed by atoms with Crippen LogP contribution in [0.25, 0.3) is 11.3 Å². The van der Waals surface area contributed by atoms with Crippen LogP contribution in [0.3, 0.4) is 0 Å². The van der Waals surface area contributed by atoms with E-state index in [0.717, 1.165) is 81.1 Å². The van der Waals surface area contributed by atoms with Gasteiger partial charge in [0.1, 0.15) is 5.75 Å². The second kappa shape index (κ2) is 11.7. The van der Waals surface area contributed by atoms with Crippen LogP contribution in [-0.2, 0) is 17.6 Å². The number of methoxy groups -OCH3 is 1. The zero-order valence-electron chi connectivity index (χ0n) is 21.2. The van der Waals surface area contributed by atoms with Gasteiger partial charge < -0.3 is 19.5 Å².